The zero-order valence-electron chi connectivity index (χ0n) is 13.0. The number of nitrogens with zero attached hydrogens (tertiary/aromatic N) is 1. The normalized spacial score (nSPS) is 21.2. The van der Waals surface area contributed by atoms with Gasteiger partial charge in [0.25, 0.3) is 5.79 Å². The fourth-order valence-corrected chi connectivity index (χ4v) is 1.86. The summed E-state index contributed by atoms with van der Waals surface area (Å²) in [4.78, 5) is 4.91. The summed E-state index contributed by atoms with van der Waals surface area (Å²) in [5, 5.41) is 13.7. The largest absolute Gasteiger partial charge is 0.354 e. The summed E-state index contributed by atoms with van der Waals surface area (Å²) in [5.41, 5.74) is 0.733. The zero-order valence-corrected chi connectivity index (χ0v) is 13.8. The summed E-state index contributed by atoms with van der Waals surface area (Å²) in [6.45, 7) is 8.53. The third kappa shape index (κ3) is 7.43. The Labute approximate surface area is 127 Å². The van der Waals surface area contributed by atoms with Gasteiger partial charge >= 0.3 is 0 Å². The predicted octanol–water partition coefficient (Wildman–Crippen LogP) is 3.29. The van der Waals surface area contributed by atoms with Crippen molar-refractivity contribution in [2.24, 2.45) is 5.16 Å². The van der Waals surface area contributed by atoms with Gasteiger partial charge in [-0.25, -0.2) is 0 Å². The molecule has 0 radical (unpaired) electrons. The smallest absolute Gasteiger partial charge is 0.291 e. The van der Waals surface area contributed by atoms with E-state index in [1.165, 1.54) is 19.3 Å². The van der Waals surface area contributed by atoms with Crippen LogP contribution >= 0.6 is 11.6 Å². The Morgan fingerprint density at radius 2 is 1.90 bits per heavy atom. The Hall–Kier alpha value is -0.360. The van der Waals surface area contributed by atoms with E-state index in [4.69, 9.17) is 25.9 Å². The van der Waals surface area contributed by atoms with Gasteiger partial charge in [0.2, 0.25) is 6.29 Å². The lowest BCUT2D eigenvalue weighted by molar-refractivity contribution is -0.325. The number of hydrogen-bond acceptors (Lipinski definition) is 5. The van der Waals surface area contributed by atoms with Crippen LogP contribution in [0.4, 0.5) is 0 Å². The molecule has 120 valence electrons. The molecular formula is C14H28ClNO4. The first-order valence-electron chi connectivity index (χ1n) is 7.27. The summed E-state index contributed by atoms with van der Waals surface area (Å²) in [5.74, 6) is -0.635. The van der Waals surface area contributed by atoms with E-state index in [1.54, 1.807) is 6.92 Å². The lowest BCUT2D eigenvalue weighted by Crippen LogP contribution is -2.45. The summed E-state index contributed by atoms with van der Waals surface area (Å²) in [7, 11) is 0. The third-order valence-electron chi connectivity index (χ3n) is 2.61. The molecule has 20 heavy (non-hydrogen) atoms. The summed E-state index contributed by atoms with van der Waals surface area (Å²) < 4.78 is 10.5. The van der Waals surface area contributed by atoms with Gasteiger partial charge < -0.3 is 19.4 Å². The minimum absolute atomic E-state index is 0.317. The van der Waals surface area contributed by atoms with E-state index in [9.17, 15) is 5.11 Å². The maximum atomic E-state index is 10.00. The molecule has 5 nitrogen and oxygen atoms in total. The molecule has 1 rings (SSSR count). The molecule has 1 unspecified atom stereocenters. The van der Waals surface area contributed by atoms with Crippen LogP contribution in [0.5, 0.6) is 0 Å². The number of unbranched alkanes of at least 4 members (excludes halogenated alkanes) is 2. The molecule has 0 fully saturated rings. The summed E-state index contributed by atoms with van der Waals surface area (Å²) >= 11 is 5.38. The minimum atomic E-state index is -1.46. The molecule has 1 heterocycles. The van der Waals surface area contributed by atoms with Crippen LogP contribution in [0.25, 0.3) is 0 Å². The number of rotatable bonds is 8. The molecule has 0 aliphatic carbocycles. The Balaban J connectivity index is 0.000000511. The van der Waals surface area contributed by atoms with Gasteiger partial charge in [0.1, 0.15) is 0 Å². The van der Waals surface area contributed by atoms with Crippen molar-refractivity contribution in [1.82, 2.24) is 0 Å². The highest BCUT2D eigenvalue weighted by Gasteiger charge is 2.45. The molecule has 6 heteroatoms. The van der Waals surface area contributed by atoms with Crippen LogP contribution in [0.3, 0.4) is 0 Å². The lowest BCUT2D eigenvalue weighted by Gasteiger charge is -2.28. The molecule has 0 saturated heterocycles. The van der Waals surface area contributed by atoms with Crippen molar-refractivity contribution in [3.05, 3.63) is 0 Å². The number of ether oxygens (including phenoxy) is 2. The number of halogens is 1. The fraction of sp³-hybridized carbons (Fsp3) is 0.929. The molecule has 0 bridgehead atoms. The number of oxime groups is 1. The van der Waals surface area contributed by atoms with E-state index >= 15 is 0 Å². The van der Waals surface area contributed by atoms with Crippen LogP contribution in [-0.4, -0.2) is 42.0 Å². The van der Waals surface area contributed by atoms with E-state index in [0.29, 0.717) is 19.6 Å². The van der Waals surface area contributed by atoms with Crippen LogP contribution in [0, 0.1) is 0 Å². The Kier molecular flexibility index (Phi) is 11.1. The van der Waals surface area contributed by atoms with Crippen LogP contribution in [0.1, 0.15) is 53.4 Å². The third-order valence-corrected chi connectivity index (χ3v) is 2.88. The van der Waals surface area contributed by atoms with Crippen molar-refractivity contribution in [1.29, 1.82) is 0 Å². The van der Waals surface area contributed by atoms with Crippen molar-refractivity contribution in [2.75, 3.05) is 19.1 Å². The zero-order chi connectivity index (χ0) is 15.4. The van der Waals surface area contributed by atoms with Gasteiger partial charge in [-0.15, -0.1) is 11.6 Å². The topological polar surface area (TPSA) is 60.3 Å². The molecular weight excluding hydrogens is 282 g/mol. The van der Waals surface area contributed by atoms with Gasteiger partial charge in [-0.1, -0.05) is 24.9 Å². The van der Waals surface area contributed by atoms with Gasteiger partial charge in [-0.2, -0.15) is 0 Å². The number of hydrogen-bond donors (Lipinski definition) is 1. The second kappa shape index (κ2) is 11.3. The highest BCUT2D eigenvalue weighted by Crippen LogP contribution is 2.27. The molecule has 0 aromatic carbocycles. The first-order valence-corrected chi connectivity index (χ1v) is 7.80. The SMILES string of the molecule is CCCCCCl.CCOC(OCC)C1(O)CC(C)=NO1. The quantitative estimate of drug-likeness (QED) is 0.424. The summed E-state index contributed by atoms with van der Waals surface area (Å²) in [6.07, 6.45) is 3.27. The molecule has 0 saturated carbocycles. The van der Waals surface area contributed by atoms with Crippen LogP contribution in [0.2, 0.25) is 0 Å². The average Bonchev–Trinajstić information content (AvgIpc) is 2.78. The van der Waals surface area contributed by atoms with Gasteiger partial charge in [0.05, 0.1) is 12.1 Å². The molecule has 0 amide bonds. The second-order valence-corrected chi connectivity index (χ2v) is 4.96. The molecule has 0 spiro atoms. The van der Waals surface area contributed by atoms with Gasteiger partial charge in [-0.05, 0) is 27.2 Å². The Morgan fingerprint density at radius 1 is 1.30 bits per heavy atom. The van der Waals surface area contributed by atoms with E-state index in [1.807, 2.05) is 13.8 Å². The predicted molar refractivity (Wildman–Crippen MR) is 81.0 cm³/mol. The highest BCUT2D eigenvalue weighted by molar-refractivity contribution is 6.17. The molecule has 1 atom stereocenters. The van der Waals surface area contributed by atoms with Crippen molar-refractivity contribution < 1.29 is 19.4 Å². The van der Waals surface area contributed by atoms with Crippen molar-refractivity contribution in [3.63, 3.8) is 0 Å². The molecule has 1 aliphatic heterocycles. The molecule has 0 aromatic rings. The number of aliphatic hydroxyl groups is 1. The van der Waals surface area contributed by atoms with E-state index in [-0.39, 0.29) is 0 Å². The average molecular weight is 310 g/mol. The maximum Gasteiger partial charge on any atom is 0.291 e. The summed E-state index contributed by atoms with van der Waals surface area (Å²) in [6, 6.07) is 0. The molecule has 1 N–H and O–H groups in total. The first-order chi connectivity index (χ1) is 9.53. The van der Waals surface area contributed by atoms with Gasteiger partial charge in [0.15, 0.2) is 0 Å². The Bertz CT molecular complexity index is 266. The Morgan fingerprint density at radius 3 is 2.20 bits per heavy atom. The lowest BCUT2D eigenvalue weighted by atomic mass is 10.1. The van der Waals surface area contributed by atoms with Crippen molar-refractivity contribution >= 4 is 17.3 Å². The second-order valence-electron chi connectivity index (χ2n) is 4.58. The van der Waals surface area contributed by atoms with Gasteiger partial charge in [0, 0.05) is 19.1 Å². The standard InChI is InChI=1S/C9H17NO4.C5H11Cl/c1-4-12-8(13-5-2)9(11)6-7(3)10-14-9;1-2-3-4-5-6/h8,11H,4-6H2,1-3H3;2-5H2,1H3. The van der Waals surface area contributed by atoms with Crippen LogP contribution in [-0.2, 0) is 14.3 Å². The van der Waals surface area contributed by atoms with E-state index in [2.05, 4.69) is 12.1 Å². The monoisotopic (exact) mass is 309 g/mol. The van der Waals surface area contributed by atoms with E-state index < -0.39 is 12.1 Å². The minimum Gasteiger partial charge on any atom is -0.354 e. The fourth-order valence-electron chi connectivity index (χ4n) is 1.67. The first kappa shape index (κ1) is 19.6. The highest BCUT2D eigenvalue weighted by atomic mass is 35.5. The van der Waals surface area contributed by atoms with Crippen molar-refractivity contribution in [2.45, 2.75) is 65.5 Å². The van der Waals surface area contributed by atoms with Crippen molar-refractivity contribution in [3.8, 4) is 0 Å². The molecule has 0 aromatic heterocycles. The van der Waals surface area contributed by atoms with E-state index in [0.717, 1.165) is 11.6 Å². The molecule has 1 aliphatic rings. The van der Waals surface area contributed by atoms with Crippen LogP contribution in [0.15, 0.2) is 5.16 Å². The maximum absolute atomic E-state index is 10.00. The van der Waals surface area contributed by atoms with Crippen LogP contribution < -0.4 is 0 Å². The van der Waals surface area contributed by atoms with Gasteiger partial charge in [-0.3, -0.25) is 0 Å². The number of alkyl halides is 1.